The Morgan fingerprint density at radius 2 is 2.31 bits per heavy atom. The molecule has 0 aliphatic carbocycles. The van der Waals surface area contributed by atoms with Gasteiger partial charge in [0.25, 0.3) is 0 Å². The van der Waals surface area contributed by atoms with Crippen molar-refractivity contribution in [2.24, 2.45) is 0 Å². The molecule has 0 aliphatic rings. The Hall–Kier alpha value is -1.42. The van der Waals surface area contributed by atoms with E-state index in [-0.39, 0.29) is 4.87 Å². The van der Waals surface area contributed by atoms with Crippen molar-refractivity contribution in [2.75, 3.05) is 0 Å². The molecule has 0 radical (unpaired) electrons. The zero-order chi connectivity index (χ0) is 11.4. The maximum atomic E-state index is 10.9. The highest BCUT2D eigenvalue weighted by Crippen LogP contribution is 2.14. The van der Waals surface area contributed by atoms with Crippen molar-refractivity contribution in [3.05, 3.63) is 42.6 Å². The average molecular weight is 251 g/mol. The predicted octanol–water partition coefficient (Wildman–Crippen LogP) is 1.66. The lowest BCUT2D eigenvalue weighted by atomic mass is 10.4. The maximum Gasteiger partial charge on any atom is 0.304 e. The summed E-state index contributed by atoms with van der Waals surface area (Å²) >= 11 is 2.65. The molecule has 0 saturated heterocycles. The maximum absolute atomic E-state index is 10.9. The van der Waals surface area contributed by atoms with Crippen LogP contribution in [0.1, 0.15) is 15.4 Å². The second kappa shape index (κ2) is 5.07. The summed E-state index contributed by atoms with van der Waals surface area (Å²) in [6, 6.07) is 5.85. The third kappa shape index (κ3) is 2.79. The smallest absolute Gasteiger partial charge is 0.304 e. The summed E-state index contributed by atoms with van der Waals surface area (Å²) in [6.07, 6.45) is 0. The minimum absolute atomic E-state index is 0.0281. The molecule has 2 aromatic rings. The first-order valence-electron chi connectivity index (χ1n) is 4.64. The third-order valence-corrected chi connectivity index (χ3v) is 3.67. The summed E-state index contributed by atoms with van der Waals surface area (Å²) in [6.45, 7) is 1.35. The summed E-state index contributed by atoms with van der Waals surface area (Å²) < 4.78 is 0. The lowest BCUT2D eigenvalue weighted by Crippen LogP contribution is -2.12. The molecule has 4 nitrogen and oxygen atoms in total. The first-order chi connectivity index (χ1) is 7.78. The Morgan fingerprint density at radius 3 is 2.94 bits per heavy atom. The number of nitrogens with zero attached hydrogens (tertiary/aromatic N) is 1. The molecule has 0 aromatic carbocycles. The van der Waals surface area contributed by atoms with Crippen molar-refractivity contribution in [3.63, 3.8) is 0 Å². The van der Waals surface area contributed by atoms with E-state index in [0.717, 1.165) is 15.4 Å². The van der Waals surface area contributed by atoms with Crippen LogP contribution < -0.4 is 10.2 Å². The molecule has 0 saturated carbocycles. The molecule has 0 atom stereocenters. The van der Waals surface area contributed by atoms with Crippen LogP contribution >= 0.6 is 22.7 Å². The van der Waals surface area contributed by atoms with Gasteiger partial charge in [0.2, 0.25) is 0 Å². The SMILES string of the molecule is N#Cc1ccc(CNCc2csc(=O)[nH]2)s1. The molecule has 2 N–H and O–H groups in total. The molecule has 0 aliphatic heterocycles. The minimum Gasteiger partial charge on any atom is -0.315 e. The summed E-state index contributed by atoms with van der Waals surface area (Å²) in [5.74, 6) is 0. The lowest BCUT2D eigenvalue weighted by molar-refractivity contribution is 0.688. The van der Waals surface area contributed by atoms with Gasteiger partial charge in [0.05, 0.1) is 0 Å². The third-order valence-electron chi connectivity index (χ3n) is 1.96. The average Bonchev–Trinajstić information content (AvgIpc) is 2.88. The Labute approximate surface area is 100 Å². The molecule has 82 valence electrons. The fourth-order valence-electron chi connectivity index (χ4n) is 1.25. The molecule has 0 amide bonds. The number of hydrogen-bond acceptors (Lipinski definition) is 5. The second-order valence-electron chi connectivity index (χ2n) is 3.15. The van der Waals surface area contributed by atoms with Crippen molar-refractivity contribution in [2.45, 2.75) is 13.1 Å². The van der Waals surface area contributed by atoms with E-state index in [1.54, 1.807) is 0 Å². The molecule has 16 heavy (non-hydrogen) atoms. The number of aromatic nitrogens is 1. The van der Waals surface area contributed by atoms with Crippen LogP contribution in [0.4, 0.5) is 0 Å². The highest BCUT2D eigenvalue weighted by atomic mass is 32.1. The molecule has 6 heteroatoms. The van der Waals surface area contributed by atoms with Gasteiger partial charge in [-0.15, -0.1) is 11.3 Å². The lowest BCUT2D eigenvalue weighted by Gasteiger charge is -1.99. The van der Waals surface area contributed by atoms with E-state index >= 15 is 0 Å². The Morgan fingerprint density at radius 1 is 1.44 bits per heavy atom. The number of hydrogen-bond donors (Lipinski definition) is 2. The first kappa shape index (κ1) is 11.1. The predicted molar refractivity (Wildman–Crippen MR) is 64.5 cm³/mol. The highest BCUT2D eigenvalue weighted by molar-refractivity contribution is 7.12. The topological polar surface area (TPSA) is 68.7 Å². The van der Waals surface area contributed by atoms with Crippen molar-refractivity contribution in [1.29, 1.82) is 5.26 Å². The summed E-state index contributed by atoms with van der Waals surface area (Å²) in [4.78, 5) is 15.4. The standard InChI is InChI=1S/C10H9N3OS2/c11-3-8-1-2-9(16-8)5-12-4-7-6-15-10(14)13-7/h1-2,6,12H,4-5H2,(H,13,14). The highest BCUT2D eigenvalue weighted by Gasteiger charge is 2.00. The van der Waals surface area contributed by atoms with E-state index in [2.05, 4.69) is 16.4 Å². The van der Waals surface area contributed by atoms with Gasteiger partial charge in [-0.3, -0.25) is 4.79 Å². The van der Waals surface area contributed by atoms with Gasteiger partial charge in [-0.25, -0.2) is 0 Å². The van der Waals surface area contributed by atoms with E-state index in [9.17, 15) is 4.79 Å². The van der Waals surface area contributed by atoms with Crippen molar-refractivity contribution >= 4 is 22.7 Å². The molecule has 0 spiro atoms. The quantitative estimate of drug-likeness (QED) is 0.868. The Kier molecular flexibility index (Phi) is 3.51. The first-order valence-corrected chi connectivity index (χ1v) is 6.34. The Bertz CT molecular complexity index is 561. The van der Waals surface area contributed by atoms with Gasteiger partial charge in [-0.1, -0.05) is 11.3 Å². The Balaban J connectivity index is 1.84. The van der Waals surface area contributed by atoms with Crippen LogP contribution in [0.3, 0.4) is 0 Å². The minimum atomic E-state index is -0.0281. The fourth-order valence-corrected chi connectivity index (χ4v) is 2.61. The summed E-state index contributed by atoms with van der Waals surface area (Å²) in [5, 5.41) is 13.7. The zero-order valence-corrected chi connectivity index (χ0v) is 9.95. The van der Waals surface area contributed by atoms with Crippen molar-refractivity contribution in [3.8, 4) is 6.07 Å². The van der Waals surface area contributed by atoms with Crippen LogP contribution in [0.15, 0.2) is 22.3 Å². The van der Waals surface area contributed by atoms with Gasteiger partial charge < -0.3 is 10.3 Å². The van der Waals surface area contributed by atoms with Crippen LogP contribution in [-0.2, 0) is 13.1 Å². The van der Waals surface area contributed by atoms with Gasteiger partial charge in [0.15, 0.2) is 0 Å². The molecule has 2 rings (SSSR count). The van der Waals surface area contributed by atoms with Gasteiger partial charge in [0, 0.05) is 29.0 Å². The van der Waals surface area contributed by atoms with Crippen molar-refractivity contribution in [1.82, 2.24) is 10.3 Å². The summed E-state index contributed by atoms with van der Waals surface area (Å²) in [5.41, 5.74) is 0.895. The van der Waals surface area contributed by atoms with Gasteiger partial charge >= 0.3 is 4.87 Å². The van der Waals surface area contributed by atoms with Gasteiger partial charge in [0.1, 0.15) is 10.9 Å². The van der Waals surface area contributed by atoms with Crippen LogP contribution in [0.25, 0.3) is 0 Å². The van der Waals surface area contributed by atoms with Crippen LogP contribution in [0.2, 0.25) is 0 Å². The molecule has 0 unspecified atom stereocenters. The fraction of sp³-hybridized carbons (Fsp3) is 0.200. The van der Waals surface area contributed by atoms with Crippen LogP contribution in [0.5, 0.6) is 0 Å². The molecular weight excluding hydrogens is 242 g/mol. The van der Waals surface area contributed by atoms with Gasteiger partial charge in [-0.2, -0.15) is 5.26 Å². The van der Waals surface area contributed by atoms with Crippen molar-refractivity contribution < 1.29 is 0 Å². The molecule has 2 aromatic heterocycles. The normalized spacial score (nSPS) is 10.2. The number of H-pyrrole nitrogens is 1. The van der Waals surface area contributed by atoms with E-state index in [1.165, 1.54) is 22.7 Å². The second-order valence-corrected chi connectivity index (χ2v) is 5.17. The number of nitriles is 1. The molecule has 0 bridgehead atoms. The van der Waals surface area contributed by atoms with E-state index in [1.807, 2.05) is 17.5 Å². The number of nitrogens with one attached hydrogen (secondary N) is 2. The summed E-state index contributed by atoms with van der Waals surface area (Å²) in [7, 11) is 0. The van der Waals surface area contributed by atoms with E-state index in [0.29, 0.717) is 13.1 Å². The van der Waals surface area contributed by atoms with Gasteiger partial charge in [-0.05, 0) is 12.1 Å². The zero-order valence-electron chi connectivity index (χ0n) is 8.32. The number of thiophene rings is 1. The van der Waals surface area contributed by atoms with Crippen LogP contribution in [0, 0.1) is 11.3 Å². The number of thiazole rings is 1. The van der Waals surface area contributed by atoms with E-state index < -0.39 is 0 Å². The number of aromatic amines is 1. The molecule has 2 heterocycles. The van der Waals surface area contributed by atoms with Crippen LogP contribution in [-0.4, -0.2) is 4.98 Å². The molecular formula is C10H9N3OS2. The number of rotatable bonds is 4. The molecule has 0 fully saturated rings. The monoisotopic (exact) mass is 251 g/mol. The van der Waals surface area contributed by atoms with E-state index in [4.69, 9.17) is 5.26 Å². The largest absolute Gasteiger partial charge is 0.315 e.